The maximum Gasteiger partial charge on any atom is 0.257 e. The van der Waals surface area contributed by atoms with Crippen LogP contribution >= 0.6 is 0 Å². The lowest BCUT2D eigenvalue weighted by Crippen LogP contribution is -2.35. The van der Waals surface area contributed by atoms with Crippen LogP contribution in [0, 0.1) is 0 Å². The van der Waals surface area contributed by atoms with Crippen molar-refractivity contribution in [2.24, 2.45) is 5.73 Å². The van der Waals surface area contributed by atoms with Crippen molar-refractivity contribution in [2.75, 3.05) is 20.7 Å². The van der Waals surface area contributed by atoms with Crippen molar-refractivity contribution >= 4 is 11.8 Å². The van der Waals surface area contributed by atoms with Gasteiger partial charge in [-0.15, -0.1) is 0 Å². The van der Waals surface area contributed by atoms with Gasteiger partial charge in [-0.25, -0.2) is 0 Å². The molecule has 2 N–H and O–H groups in total. The Morgan fingerprint density at radius 3 is 2.56 bits per heavy atom. The van der Waals surface area contributed by atoms with Crippen LogP contribution in [0.25, 0.3) is 0 Å². The lowest BCUT2D eigenvalue weighted by Gasteiger charge is -2.16. The second-order valence-electron chi connectivity index (χ2n) is 3.33. The molecule has 0 spiro atoms. The molecule has 0 unspecified atom stereocenters. The molecule has 1 aromatic rings. The van der Waals surface area contributed by atoms with Crippen LogP contribution in [-0.2, 0) is 4.79 Å². The largest absolute Gasteiger partial charge is 0.496 e. The minimum Gasteiger partial charge on any atom is -0.496 e. The summed E-state index contributed by atoms with van der Waals surface area (Å²) in [5, 5.41) is 0. The zero-order valence-electron chi connectivity index (χ0n) is 9.27. The van der Waals surface area contributed by atoms with Gasteiger partial charge in [0, 0.05) is 7.05 Å². The van der Waals surface area contributed by atoms with E-state index in [2.05, 4.69) is 0 Å². The molecule has 0 aromatic heterocycles. The van der Waals surface area contributed by atoms with Crippen LogP contribution in [0.2, 0.25) is 0 Å². The first-order valence-corrected chi connectivity index (χ1v) is 4.73. The number of likely N-dealkylation sites (N-methyl/N-ethyl adjacent to an activating group) is 1. The molecule has 0 bridgehead atoms. The number of nitrogens with zero attached hydrogens (tertiary/aromatic N) is 1. The van der Waals surface area contributed by atoms with Crippen LogP contribution in [0.1, 0.15) is 10.4 Å². The molecule has 1 aromatic carbocycles. The number of nitrogens with two attached hydrogens (primary N) is 1. The van der Waals surface area contributed by atoms with Gasteiger partial charge in [-0.1, -0.05) is 12.1 Å². The van der Waals surface area contributed by atoms with E-state index in [0.717, 1.165) is 0 Å². The van der Waals surface area contributed by atoms with Gasteiger partial charge < -0.3 is 15.4 Å². The molecule has 0 aliphatic rings. The zero-order chi connectivity index (χ0) is 12.1. The molecule has 1 rings (SSSR count). The Morgan fingerprint density at radius 1 is 1.38 bits per heavy atom. The minimum absolute atomic E-state index is 0.114. The number of ether oxygens (including phenoxy) is 1. The van der Waals surface area contributed by atoms with Crippen LogP contribution in [0.4, 0.5) is 0 Å². The number of para-hydroxylation sites is 1. The Balaban J connectivity index is 2.91. The molecular weight excluding hydrogens is 208 g/mol. The van der Waals surface area contributed by atoms with Crippen LogP contribution in [-0.4, -0.2) is 37.4 Å². The number of carbonyl (C=O) groups excluding carboxylic acids is 2. The van der Waals surface area contributed by atoms with Crippen molar-refractivity contribution in [1.29, 1.82) is 0 Å². The zero-order valence-corrected chi connectivity index (χ0v) is 9.27. The molecule has 0 fully saturated rings. The van der Waals surface area contributed by atoms with Crippen molar-refractivity contribution in [1.82, 2.24) is 4.90 Å². The van der Waals surface area contributed by atoms with E-state index in [1.165, 1.54) is 19.1 Å². The minimum atomic E-state index is -0.550. The monoisotopic (exact) mass is 222 g/mol. The lowest BCUT2D eigenvalue weighted by atomic mass is 10.2. The number of rotatable bonds is 4. The van der Waals surface area contributed by atoms with Gasteiger partial charge in [0.05, 0.1) is 19.2 Å². The Hall–Kier alpha value is -2.04. The molecule has 86 valence electrons. The average Bonchev–Trinajstić information content (AvgIpc) is 2.27. The standard InChI is InChI=1S/C11H14N2O3/c1-13(7-10(12)14)11(15)8-5-3-4-6-9(8)16-2/h3-6H,7H2,1-2H3,(H2,12,14). The number of methoxy groups -OCH3 is 1. The van der Waals surface area contributed by atoms with Gasteiger partial charge in [-0.05, 0) is 12.1 Å². The molecule has 5 heteroatoms. The summed E-state index contributed by atoms with van der Waals surface area (Å²) in [4.78, 5) is 23.8. The second kappa shape index (κ2) is 5.16. The van der Waals surface area contributed by atoms with E-state index in [1.807, 2.05) is 0 Å². The molecule has 0 aliphatic heterocycles. The Morgan fingerprint density at radius 2 is 2.00 bits per heavy atom. The van der Waals surface area contributed by atoms with Crippen LogP contribution < -0.4 is 10.5 Å². The molecule has 0 saturated carbocycles. The highest BCUT2D eigenvalue weighted by Gasteiger charge is 2.16. The highest BCUT2D eigenvalue weighted by atomic mass is 16.5. The number of benzene rings is 1. The first kappa shape index (κ1) is 12.0. The van der Waals surface area contributed by atoms with E-state index in [9.17, 15) is 9.59 Å². The Kier molecular flexibility index (Phi) is 3.88. The third-order valence-corrected chi connectivity index (χ3v) is 2.08. The fraction of sp³-hybridized carbons (Fsp3) is 0.273. The van der Waals surface area contributed by atoms with Gasteiger partial charge in [0.25, 0.3) is 5.91 Å². The predicted molar refractivity (Wildman–Crippen MR) is 59.1 cm³/mol. The molecule has 0 radical (unpaired) electrons. The molecule has 0 saturated heterocycles. The maximum atomic E-state index is 11.9. The summed E-state index contributed by atoms with van der Waals surface area (Å²) in [5.41, 5.74) is 5.43. The van der Waals surface area contributed by atoms with Crippen molar-refractivity contribution in [2.45, 2.75) is 0 Å². The molecule has 16 heavy (non-hydrogen) atoms. The number of hydrogen-bond acceptors (Lipinski definition) is 3. The summed E-state index contributed by atoms with van der Waals surface area (Å²) < 4.78 is 5.06. The smallest absolute Gasteiger partial charge is 0.257 e. The van der Waals surface area contributed by atoms with Gasteiger partial charge >= 0.3 is 0 Å². The van der Waals surface area contributed by atoms with Crippen molar-refractivity contribution < 1.29 is 14.3 Å². The molecule has 2 amide bonds. The third kappa shape index (κ3) is 2.73. The number of carbonyl (C=O) groups is 2. The normalized spacial score (nSPS) is 9.62. The summed E-state index contributed by atoms with van der Waals surface area (Å²) in [6.07, 6.45) is 0. The van der Waals surface area contributed by atoms with E-state index in [-0.39, 0.29) is 12.5 Å². The van der Waals surface area contributed by atoms with Crippen molar-refractivity contribution in [3.63, 3.8) is 0 Å². The summed E-state index contributed by atoms with van der Waals surface area (Å²) in [5.74, 6) is -0.370. The second-order valence-corrected chi connectivity index (χ2v) is 3.33. The van der Waals surface area contributed by atoms with E-state index >= 15 is 0 Å². The van der Waals surface area contributed by atoms with Gasteiger partial charge in [-0.3, -0.25) is 9.59 Å². The van der Waals surface area contributed by atoms with Crippen LogP contribution in [0.3, 0.4) is 0 Å². The first-order chi connectivity index (χ1) is 7.56. The van der Waals surface area contributed by atoms with Crippen molar-refractivity contribution in [3.05, 3.63) is 29.8 Å². The number of hydrogen-bond donors (Lipinski definition) is 1. The fourth-order valence-electron chi connectivity index (χ4n) is 1.33. The average molecular weight is 222 g/mol. The quantitative estimate of drug-likeness (QED) is 0.793. The Bertz CT molecular complexity index is 404. The molecular formula is C11H14N2O3. The maximum absolute atomic E-state index is 11.9. The van der Waals surface area contributed by atoms with Gasteiger partial charge in [-0.2, -0.15) is 0 Å². The molecule has 0 atom stereocenters. The lowest BCUT2D eigenvalue weighted by molar-refractivity contribution is -0.118. The third-order valence-electron chi connectivity index (χ3n) is 2.08. The molecule has 0 aliphatic carbocycles. The van der Waals surface area contributed by atoms with Crippen molar-refractivity contribution in [3.8, 4) is 5.75 Å². The van der Waals surface area contributed by atoms with Gasteiger partial charge in [0.2, 0.25) is 5.91 Å². The summed E-state index contributed by atoms with van der Waals surface area (Å²) in [7, 11) is 3.00. The molecule has 5 nitrogen and oxygen atoms in total. The van der Waals surface area contributed by atoms with Crippen LogP contribution in [0.5, 0.6) is 5.75 Å². The highest BCUT2D eigenvalue weighted by molar-refractivity contribution is 5.98. The van der Waals surface area contributed by atoms with E-state index in [4.69, 9.17) is 10.5 Å². The summed E-state index contributed by atoms with van der Waals surface area (Å²) in [6.45, 7) is -0.114. The highest BCUT2D eigenvalue weighted by Crippen LogP contribution is 2.18. The number of amides is 2. The fourth-order valence-corrected chi connectivity index (χ4v) is 1.33. The summed E-state index contributed by atoms with van der Waals surface area (Å²) >= 11 is 0. The number of primary amides is 1. The van der Waals surface area contributed by atoms with E-state index < -0.39 is 5.91 Å². The van der Waals surface area contributed by atoms with Crippen LogP contribution in [0.15, 0.2) is 24.3 Å². The topological polar surface area (TPSA) is 72.6 Å². The Labute approximate surface area is 93.8 Å². The first-order valence-electron chi connectivity index (χ1n) is 4.73. The SMILES string of the molecule is COc1ccccc1C(=O)N(C)CC(N)=O. The van der Waals surface area contributed by atoms with Gasteiger partial charge in [0.15, 0.2) is 0 Å². The van der Waals surface area contributed by atoms with E-state index in [1.54, 1.807) is 24.3 Å². The van der Waals surface area contributed by atoms with Gasteiger partial charge in [0.1, 0.15) is 5.75 Å². The molecule has 0 heterocycles. The summed E-state index contributed by atoms with van der Waals surface area (Å²) in [6, 6.07) is 6.82. The predicted octanol–water partition coefficient (Wildman–Crippen LogP) is 0.253. The van der Waals surface area contributed by atoms with E-state index in [0.29, 0.717) is 11.3 Å².